The van der Waals surface area contributed by atoms with Gasteiger partial charge in [-0.25, -0.2) is 0 Å². The molecule has 2 rings (SSSR count). The van der Waals surface area contributed by atoms with Crippen molar-refractivity contribution in [2.24, 2.45) is 0 Å². The minimum atomic E-state index is 0.558. The van der Waals surface area contributed by atoms with Gasteiger partial charge in [-0.3, -0.25) is 0 Å². The third kappa shape index (κ3) is 1.79. The highest BCUT2D eigenvalue weighted by Gasteiger charge is 2.15. The predicted octanol–water partition coefficient (Wildman–Crippen LogP) is 3.74. The van der Waals surface area contributed by atoms with Crippen molar-refractivity contribution < 1.29 is 0 Å². The standard InChI is InChI=1S/C14H19N/c1-3-10(2)14-12-7-5-4-6-11(12)8-9-13(14)15/h5,7-10H,3-4,6,15H2,1-2H3. The molecule has 0 heterocycles. The Morgan fingerprint density at radius 3 is 2.93 bits per heavy atom. The van der Waals surface area contributed by atoms with Crippen molar-refractivity contribution in [1.82, 2.24) is 0 Å². The van der Waals surface area contributed by atoms with E-state index in [0.29, 0.717) is 5.92 Å². The minimum Gasteiger partial charge on any atom is -0.398 e. The molecule has 1 aliphatic carbocycles. The van der Waals surface area contributed by atoms with Crippen LogP contribution in [0, 0.1) is 0 Å². The van der Waals surface area contributed by atoms with Gasteiger partial charge in [0, 0.05) is 5.69 Å². The van der Waals surface area contributed by atoms with Crippen LogP contribution in [0.25, 0.3) is 6.08 Å². The molecular formula is C14H19N. The predicted molar refractivity (Wildman–Crippen MR) is 66.9 cm³/mol. The zero-order valence-electron chi connectivity index (χ0n) is 9.59. The number of hydrogen-bond donors (Lipinski definition) is 1. The molecule has 1 nitrogen and oxygen atoms in total. The monoisotopic (exact) mass is 201 g/mol. The number of anilines is 1. The molecule has 0 saturated carbocycles. The van der Waals surface area contributed by atoms with Gasteiger partial charge in [-0.1, -0.05) is 32.1 Å². The van der Waals surface area contributed by atoms with Crippen molar-refractivity contribution in [2.45, 2.75) is 39.0 Å². The average Bonchev–Trinajstić information content (AvgIpc) is 2.28. The summed E-state index contributed by atoms with van der Waals surface area (Å²) in [5, 5.41) is 0. The van der Waals surface area contributed by atoms with Crippen molar-refractivity contribution in [2.75, 3.05) is 5.73 Å². The molecule has 0 amide bonds. The third-order valence-corrected chi connectivity index (χ3v) is 3.38. The van der Waals surface area contributed by atoms with Gasteiger partial charge in [0.15, 0.2) is 0 Å². The Labute approximate surface area is 92.0 Å². The van der Waals surface area contributed by atoms with Gasteiger partial charge in [0.25, 0.3) is 0 Å². The largest absolute Gasteiger partial charge is 0.398 e. The summed E-state index contributed by atoms with van der Waals surface area (Å²) in [7, 11) is 0. The topological polar surface area (TPSA) is 26.0 Å². The van der Waals surface area contributed by atoms with Crippen LogP contribution in [-0.2, 0) is 6.42 Å². The first-order chi connectivity index (χ1) is 7.24. The number of nitrogens with two attached hydrogens (primary N) is 1. The molecule has 0 aromatic heterocycles. The first-order valence-electron chi connectivity index (χ1n) is 5.81. The lowest BCUT2D eigenvalue weighted by Crippen LogP contribution is -2.06. The van der Waals surface area contributed by atoms with Crippen molar-refractivity contribution in [3.8, 4) is 0 Å². The molecule has 80 valence electrons. The van der Waals surface area contributed by atoms with E-state index in [4.69, 9.17) is 5.73 Å². The van der Waals surface area contributed by atoms with Gasteiger partial charge >= 0.3 is 0 Å². The molecule has 1 unspecified atom stereocenters. The lowest BCUT2D eigenvalue weighted by Gasteiger charge is -2.21. The Kier molecular flexibility index (Phi) is 2.81. The smallest absolute Gasteiger partial charge is 0.0355 e. The molecule has 15 heavy (non-hydrogen) atoms. The van der Waals surface area contributed by atoms with E-state index in [1.807, 2.05) is 0 Å². The van der Waals surface area contributed by atoms with E-state index in [-0.39, 0.29) is 0 Å². The number of rotatable bonds is 2. The highest BCUT2D eigenvalue weighted by Crippen LogP contribution is 2.33. The fourth-order valence-corrected chi connectivity index (χ4v) is 2.31. The molecule has 0 bridgehead atoms. The quantitative estimate of drug-likeness (QED) is 0.725. The summed E-state index contributed by atoms with van der Waals surface area (Å²) < 4.78 is 0. The van der Waals surface area contributed by atoms with E-state index in [0.717, 1.165) is 24.9 Å². The van der Waals surface area contributed by atoms with Crippen molar-refractivity contribution in [3.63, 3.8) is 0 Å². The lowest BCUT2D eigenvalue weighted by atomic mass is 9.85. The second-order valence-electron chi connectivity index (χ2n) is 4.39. The molecule has 1 heteroatoms. The van der Waals surface area contributed by atoms with Crippen LogP contribution in [0.3, 0.4) is 0 Å². The van der Waals surface area contributed by atoms with Gasteiger partial charge in [-0.05, 0) is 47.9 Å². The zero-order chi connectivity index (χ0) is 10.8. The number of benzene rings is 1. The summed E-state index contributed by atoms with van der Waals surface area (Å²) in [6.07, 6.45) is 7.98. The van der Waals surface area contributed by atoms with E-state index in [1.54, 1.807) is 0 Å². The second kappa shape index (κ2) is 4.09. The Balaban J connectivity index is 2.57. The lowest BCUT2D eigenvalue weighted by molar-refractivity contribution is 0.731. The molecule has 0 spiro atoms. The number of nitrogen functional groups attached to an aromatic ring is 1. The van der Waals surface area contributed by atoms with E-state index < -0.39 is 0 Å². The zero-order valence-corrected chi connectivity index (χ0v) is 9.59. The van der Waals surface area contributed by atoms with Crippen molar-refractivity contribution in [1.29, 1.82) is 0 Å². The van der Waals surface area contributed by atoms with Crippen LogP contribution in [-0.4, -0.2) is 0 Å². The third-order valence-electron chi connectivity index (χ3n) is 3.38. The molecular weight excluding hydrogens is 182 g/mol. The number of allylic oxidation sites excluding steroid dienone is 1. The molecule has 0 radical (unpaired) electrons. The maximum absolute atomic E-state index is 6.09. The van der Waals surface area contributed by atoms with Crippen LogP contribution in [0.1, 0.15) is 49.3 Å². The SMILES string of the molecule is CCC(C)c1c(N)ccc2c1C=CCC2. The summed E-state index contributed by atoms with van der Waals surface area (Å²) in [6, 6.07) is 4.25. The van der Waals surface area contributed by atoms with E-state index in [1.165, 1.54) is 16.7 Å². The fourth-order valence-electron chi connectivity index (χ4n) is 2.31. The molecule has 1 aromatic carbocycles. The van der Waals surface area contributed by atoms with Crippen LogP contribution < -0.4 is 5.73 Å². The molecule has 1 atom stereocenters. The van der Waals surface area contributed by atoms with E-state index in [9.17, 15) is 0 Å². The van der Waals surface area contributed by atoms with Gasteiger partial charge in [0.1, 0.15) is 0 Å². The average molecular weight is 201 g/mol. The van der Waals surface area contributed by atoms with Gasteiger partial charge in [0.2, 0.25) is 0 Å². The summed E-state index contributed by atoms with van der Waals surface area (Å²) in [4.78, 5) is 0. The van der Waals surface area contributed by atoms with Crippen LogP contribution in [0.15, 0.2) is 18.2 Å². The summed E-state index contributed by atoms with van der Waals surface area (Å²) in [6.45, 7) is 4.48. The Hall–Kier alpha value is -1.24. The molecule has 0 aliphatic heterocycles. The Morgan fingerprint density at radius 2 is 2.20 bits per heavy atom. The maximum atomic E-state index is 6.09. The van der Waals surface area contributed by atoms with E-state index >= 15 is 0 Å². The molecule has 1 aliphatic rings. The fraction of sp³-hybridized carbons (Fsp3) is 0.429. The summed E-state index contributed by atoms with van der Waals surface area (Å²) in [5.74, 6) is 0.558. The molecule has 2 N–H and O–H groups in total. The van der Waals surface area contributed by atoms with Gasteiger partial charge in [0.05, 0.1) is 0 Å². The number of hydrogen-bond acceptors (Lipinski definition) is 1. The molecule has 1 aromatic rings. The Bertz CT molecular complexity index is 391. The normalized spacial score (nSPS) is 16.1. The first kappa shape index (κ1) is 10.3. The highest BCUT2D eigenvalue weighted by atomic mass is 14.6. The number of fused-ring (bicyclic) bond motifs is 1. The van der Waals surface area contributed by atoms with Gasteiger partial charge < -0.3 is 5.73 Å². The van der Waals surface area contributed by atoms with Crippen molar-refractivity contribution in [3.05, 3.63) is 34.9 Å². The number of aryl methyl sites for hydroxylation is 1. The van der Waals surface area contributed by atoms with E-state index in [2.05, 4.69) is 38.1 Å². The maximum Gasteiger partial charge on any atom is 0.0355 e. The molecule has 0 fully saturated rings. The second-order valence-corrected chi connectivity index (χ2v) is 4.39. The summed E-state index contributed by atoms with van der Waals surface area (Å²) in [5.41, 5.74) is 11.2. The van der Waals surface area contributed by atoms with Crippen LogP contribution >= 0.6 is 0 Å². The minimum absolute atomic E-state index is 0.558. The van der Waals surface area contributed by atoms with Gasteiger partial charge in [-0.15, -0.1) is 0 Å². The Morgan fingerprint density at radius 1 is 1.40 bits per heavy atom. The highest BCUT2D eigenvalue weighted by molar-refractivity contribution is 5.68. The van der Waals surface area contributed by atoms with Crippen LogP contribution in [0.5, 0.6) is 0 Å². The first-order valence-corrected chi connectivity index (χ1v) is 5.81. The van der Waals surface area contributed by atoms with Crippen molar-refractivity contribution >= 4 is 11.8 Å². The van der Waals surface area contributed by atoms with Crippen LogP contribution in [0.4, 0.5) is 5.69 Å². The van der Waals surface area contributed by atoms with Crippen LogP contribution in [0.2, 0.25) is 0 Å². The summed E-state index contributed by atoms with van der Waals surface area (Å²) >= 11 is 0. The molecule has 0 saturated heterocycles. The van der Waals surface area contributed by atoms with Gasteiger partial charge in [-0.2, -0.15) is 0 Å².